The Morgan fingerprint density at radius 1 is 1.52 bits per heavy atom. The highest BCUT2D eigenvalue weighted by Gasteiger charge is 2.37. The normalized spacial score (nSPS) is 25.2. The molecular weight excluding hydrogens is 292 g/mol. The summed E-state index contributed by atoms with van der Waals surface area (Å²) in [6.45, 7) is 2.40. The van der Waals surface area contributed by atoms with Crippen LogP contribution in [0.2, 0.25) is 0 Å². The largest absolute Gasteiger partial charge is 0.475 e. The molecule has 2 N–H and O–H groups in total. The van der Waals surface area contributed by atoms with Gasteiger partial charge in [0.2, 0.25) is 12.0 Å². The second-order valence-electron chi connectivity index (χ2n) is 4.89. The average Bonchev–Trinajstić information content (AvgIpc) is 2.99. The predicted molar refractivity (Wildman–Crippen MR) is 79.1 cm³/mol. The number of carboxylic acids is 1. The number of aliphatic hydroxyl groups is 1. The van der Waals surface area contributed by atoms with E-state index < -0.39 is 12.3 Å². The standard InChI is InChI=1S/C15H20O5S/c1-2-19-15-11(4-3-6-16)12(10-5-7-21-9-10)8-13(20-15)14(17)18/h5,7-9,11-12,15-16H,2-4,6H2,1H3,(H,17,18)/t11-,12+,15+/m1/s1. The quantitative estimate of drug-likeness (QED) is 0.809. The van der Waals surface area contributed by atoms with Crippen molar-refractivity contribution in [1.29, 1.82) is 0 Å². The monoisotopic (exact) mass is 312 g/mol. The molecule has 0 saturated heterocycles. The molecule has 116 valence electrons. The summed E-state index contributed by atoms with van der Waals surface area (Å²) in [7, 11) is 0. The lowest BCUT2D eigenvalue weighted by atomic mass is 9.82. The first kappa shape index (κ1) is 16.0. The van der Waals surface area contributed by atoms with Gasteiger partial charge in [0.1, 0.15) is 0 Å². The molecule has 2 rings (SSSR count). The molecule has 2 heterocycles. The summed E-state index contributed by atoms with van der Waals surface area (Å²) in [5, 5.41) is 22.3. The third kappa shape index (κ3) is 3.84. The smallest absolute Gasteiger partial charge is 0.370 e. The van der Waals surface area contributed by atoms with Crippen LogP contribution in [0.15, 0.2) is 28.7 Å². The molecule has 0 spiro atoms. The molecule has 0 aromatic carbocycles. The van der Waals surface area contributed by atoms with E-state index in [1.54, 1.807) is 17.4 Å². The van der Waals surface area contributed by atoms with Crippen LogP contribution in [0.4, 0.5) is 0 Å². The van der Waals surface area contributed by atoms with Gasteiger partial charge >= 0.3 is 5.97 Å². The minimum atomic E-state index is -1.08. The van der Waals surface area contributed by atoms with E-state index >= 15 is 0 Å². The van der Waals surface area contributed by atoms with Crippen molar-refractivity contribution >= 4 is 17.3 Å². The van der Waals surface area contributed by atoms with E-state index in [1.165, 1.54) is 0 Å². The van der Waals surface area contributed by atoms with Crippen molar-refractivity contribution in [2.45, 2.75) is 32.0 Å². The van der Waals surface area contributed by atoms with Gasteiger partial charge in [0.05, 0.1) is 0 Å². The summed E-state index contributed by atoms with van der Waals surface area (Å²) in [6, 6.07) is 1.99. The lowest BCUT2D eigenvalue weighted by molar-refractivity contribution is -0.173. The van der Waals surface area contributed by atoms with Crippen LogP contribution in [0.5, 0.6) is 0 Å². The van der Waals surface area contributed by atoms with Gasteiger partial charge in [-0.25, -0.2) is 4.79 Å². The number of carboxylic acid groups (broad SMARTS) is 1. The number of aliphatic hydroxyl groups excluding tert-OH is 1. The first-order valence-electron chi connectivity index (χ1n) is 7.03. The van der Waals surface area contributed by atoms with Gasteiger partial charge in [0.15, 0.2) is 0 Å². The summed E-state index contributed by atoms with van der Waals surface area (Å²) in [5.41, 5.74) is 1.06. The molecule has 1 aliphatic rings. The molecule has 1 aromatic rings. The zero-order chi connectivity index (χ0) is 15.2. The number of allylic oxidation sites excluding steroid dienone is 1. The van der Waals surface area contributed by atoms with E-state index in [4.69, 9.17) is 14.6 Å². The number of carbonyl (C=O) groups is 1. The van der Waals surface area contributed by atoms with Gasteiger partial charge in [-0.3, -0.25) is 0 Å². The van der Waals surface area contributed by atoms with E-state index in [0.717, 1.165) is 5.56 Å². The number of hydrogen-bond donors (Lipinski definition) is 2. The van der Waals surface area contributed by atoms with Crippen LogP contribution in [-0.4, -0.2) is 35.7 Å². The Kier molecular flexibility index (Phi) is 5.78. The van der Waals surface area contributed by atoms with Crippen molar-refractivity contribution in [3.8, 4) is 0 Å². The maximum absolute atomic E-state index is 11.3. The SMILES string of the molecule is CCO[C@H]1OC(C(=O)O)=C[C@@H](c2ccsc2)[C@H]1CCCO. The molecule has 21 heavy (non-hydrogen) atoms. The summed E-state index contributed by atoms with van der Waals surface area (Å²) in [6.07, 6.45) is 2.41. The fourth-order valence-corrected chi connectivity index (χ4v) is 3.31. The second-order valence-corrected chi connectivity index (χ2v) is 5.67. The molecule has 3 atom stereocenters. The van der Waals surface area contributed by atoms with Gasteiger partial charge in [0.25, 0.3) is 0 Å². The molecule has 0 fully saturated rings. The van der Waals surface area contributed by atoms with E-state index in [0.29, 0.717) is 19.4 Å². The first-order chi connectivity index (χ1) is 10.2. The zero-order valence-corrected chi connectivity index (χ0v) is 12.7. The Balaban J connectivity index is 2.32. The Morgan fingerprint density at radius 2 is 2.33 bits per heavy atom. The van der Waals surface area contributed by atoms with Crippen LogP contribution in [-0.2, 0) is 14.3 Å². The van der Waals surface area contributed by atoms with Crippen molar-refractivity contribution in [3.05, 3.63) is 34.2 Å². The highest BCUT2D eigenvalue weighted by atomic mass is 32.1. The Hall–Kier alpha value is -1.37. The van der Waals surface area contributed by atoms with Crippen LogP contribution >= 0.6 is 11.3 Å². The molecule has 0 aliphatic carbocycles. The van der Waals surface area contributed by atoms with Gasteiger partial charge < -0.3 is 19.7 Å². The fourth-order valence-electron chi connectivity index (χ4n) is 2.60. The number of thiophene rings is 1. The molecule has 1 aromatic heterocycles. The van der Waals surface area contributed by atoms with Crippen LogP contribution in [0.25, 0.3) is 0 Å². The molecule has 0 saturated carbocycles. The summed E-state index contributed by atoms with van der Waals surface area (Å²) >= 11 is 1.58. The zero-order valence-electron chi connectivity index (χ0n) is 11.9. The topological polar surface area (TPSA) is 76.0 Å². The maximum Gasteiger partial charge on any atom is 0.370 e. The number of hydrogen-bond acceptors (Lipinski definition) is 5. The Morgan fingerprint density at radius 3 is 2.90 bits per heavy atom. The lowest BCUT2D eigenvalue weighted by Crippen LogP contribution is -2.36. The van der Waals surface area contributed by atoms with Gasteiger partial charge in [-0.2, -0.15) is 11.3 Å². The number of aliphatic carboxylic acids is 1. The first-order valence-corrected chi connectivity index (χ1v) is 7.98. The Bertz CT molecular complexity index is 482. The van der Waals surface area contributed by atoms with Gasteiger partial charge in [0, 0.05) is 25.0 Å². The Labute approximate surface area is 127 Å². The fraction of sp³-hybridized carbons (Fsp3) is 0.533. The van der Waals surface area contributed by atoms with Crippen LogP contribution in [0.1, 0.15) is 31.2 Å². The molecule has 0 bridgehead atoms. The molecule has 6 heteroatoms. The lowest BCUT2D eigenvalue weighted by Gasteiger charge is -2.36. The predicted octanol–water partition coefficient (Wildman–Crippen LogP) is 2.58. The summed E-state index contributed by atoms with van der Waals surface area (Å²) in [5.74, 6) is -1.22. The molecule has 5 nitrogen and oxygen atoms in total. The van der Waals surface area contributed by atoms with Gasteiger partial charge in [-0.1, -0.05) is 0 Å². The highest BCUT2D eigenvalue weighted by molar-refractivity contribution is 7.08. The second kappa shape index (κ2) is 7.59. The van der Waals surface area contributed by atoms with Crippen molar-refractivity contribution in [2.75, 3.05) is 13.2 Å². The molecular formula is C15H20O5S. The maximum atomic E-state index is 11.3. The van der Waals surface area contributed by atoms with E-state index in [2.05, 4.69) is 0 Å². The van der Waals surface area contributed by atoms with Crippen molar-refractivity contribution in [2.24, 2.45) is 5.92 Å². The molecule has 0 radical (unpaired) electrons. The highest BCUT2D eigenvalue weighted by Crippen LogP contribution is 2.39. The van der Waals surface area contributed by atoms with Crippen molar-refractivity contribution < 1.29 is 24.5 Å². The average molecular weight is 312 g/mol. The summed E-state index contributed by atoms with van der Waals surface area (Å²) < 4.78 is 11.1. The van der Waals surface area contributed by atoms with Crippen LogP contribution < -0.4 is 0 Å². The van der Waals surface area contributed by atoms with E-state index in [9.17, 15) is 9.90 Å². The van der Waals surface area contributed by atoms with Crippen molar-refractivity contribution in [3.63, 3.8) is 0 Å². The third-order valence-electron chi connectivity index (χ3n) is 3.55. The molecule has 0 amide bonds. The molecule has 0 unspecified atom stereocenters. The van der Waals surface area contributed by atoms with E-state index in [-0.39, 0.29) is 24.2 Å². The third-order valence-corrected chi connectivity index (χ3v) is 4.25. The number of ether oxygens (including phenoxy) is 2. The van der Waals surface area contributed by atoms with E-state index in [1.807, 2.05) is 23.8 Å². The van der Waals surface area contributed by atoms with Crippen LogP contribution in [0.3, 0.4) is 0 Å². The van der Waals surface area contributed by atoms with Gasteiger partial charge in [-0.05, 0) is 48.2 Å². The molecule has 1 aliphatic heterocycles. The minimum Gasteiger partial charge on any atom is -0.475 e. The number of rotatable bonds is 7. The van der Waals surface area contributed by atoms with Crippen molar-refractivity contribution in [1.82, 2.24) is 0 Å². The van der Waals surface area contributed by atoms with Crippen LogP contribution in [0, 0.1) is 5.92 Å². The summed E-state index contributed by atoms with van der Waals surface area (Å²) in [4.78, 5) is 11.3. The van der Waals surface area contributed by atoms with Gasteiger partial charge in [-0.15, -0.1) is 0 Å². The minimum absolute atomic E-state index is 0.00481.